The fourth-order valence-electron chi connectivity index (χ4n) is 1.80. The Hall–Kier alpha value is -1.35. The molecule has 2 unspecified atom stereocenters. The van der Waals surface area contributed by atoms with Crippen LogP contribution < -0.4 is 11.1 Å². The Morgan fingerprint density at radius 2 is 2.07 bits per heavy atom. The molecule has 0 aliphatic carbocycles. The fourth-order valence-corrected chi connectivity index (χ4v) is 1.80. The summed E-state index contributed by atoms with van der Waals surface area (Å²) in [4.78, 5) is 11.1. The molecule has 2 rings (SSSR count). The number of hydrogen-bond acceptors (Lipinski definition) is 2. The van der Waals surface area contributed by atoms with Crippen molar-refractivity contribution in [2.45, 2.75) is 24.9 Å². The predicted molar refractivity (Wildman–Crippen MR) is 54.7 cm³/mol. The molecule has 0 radical (unpaired) electrons. The van der Waals surface area contributed by atoms with Crippen LogP contribution >= 0.6 is 0 Å². The molecule has 1 aromatic carbocycles. The zero-order valence-corrected chi connectivity index (χ0v) is 7.94. The maximum atomic E-state index is 11.1. The maximum absolute atomic E-state index is 11.1. The fraction of sp³-hybridized carbons (Fsp3) is 0.364. The summed E-state index contributed by atoms with van der Waals surface area (Å²) in [5.74, 6) is 0.0680. The van der Waals surface area contributed by atoms with Crippen LogP contribution in [0, 0.1) is 0 Å². The van der Waals surface area contributed by atoms with Crippen molar-refractivity contribution in [3.05, 3.63) is 35.9 Å². The first kappa shape index (κ1) is 9.21. The Balaban J connectivity index is 2.02. The number of carbonyl (C=O) groups is 1. The summed E-state index contributed by atoms with van der Waals surface area (Å²) >= 11 is 0. The lowest BCUT2D eigenvalue weighted by Gasteiger charge is -2.14. The van der Waals surface area contributed by atoms with Crippen LogP contribution in [0.5, 0.6) is 0 Å². The Kier molecular flexibility index (Phi) is 2.50. The van der Waals surface area contributed by atoms with Crippen LogP contribution in [0.2, 0.25) is 0 Å². The van der Waals surface area contributed by atoms with Crippen LogP contribution in [0.25, 0.3) is 0 Å². The van der Waals surface area contributed by atoms with Crippen molar-refractivity contribution < 1.29 is 4.79 Å². The average molecular weight is 190 g/mol. The van der Waals surface area contributed by atoms with Crippen LogP contribution in [0.1, 0.15) is 12.0 Å². The van der Waals surface area contributed by atoms with Crippen LogP contribution in [-0.4, -0.2) is 18.0 Å². The minimum absolute atomic E-state index is 0.0392. The maximum Gasteiger partial charge on any atom is 0.221 e. The van der Waals surface area contributed by atoms with E-state index in [1.807, 2.05) is 18.2 Å². The largest absolute Gasteiger partial charge is 0.351 e. The number of hydrogen-bond donors (Lipinski definition) is 2. The molecule has 0 spiro atoms. The van der Waals surface area contributed by atoms with Gasteiger partial charge < -0.3 is 11.1 Å². The van der Waals surface area contributed by atoms with Crippen molar-refractivity contribution in [3.8, 4) is 0 Å². The van der Waals surface area contributed by atoms with Gasteiger partial charge >= 0.3 is 0 Å². The molecule has 1 amide bonds. The minimum atomic E-state index is -0.0392. The first-order chi connectivity index (χ1) is 6.75. The van der Waals surface area contributed by atoms with Gasteiger partial charge in [0.25, 0.3) is 0 Å². The molecule has 3 N–H and O–H groups in total. The number of amides is 1. The van der Waals surface area contributed by atoms with Gasteiger partial charge in [-0.2, -0.15) is 0 Å². The third-order valence-electron chi connectivity index (χ3n) is 2.58. The van der Waals surface area contributed by atoms with Crippen LogP contribution in [0.3, 0.4) is 0 Å². The topological polar surface area (TPSA) is 55.1 Å². The van der Waals surface area contributed by atoms with Crippen LogP contribution in [-0.2, 0) is 11.2 Å². The molecular weight excluding hydrogens is 176 g/mol. The van der Waals surface area contributed by atoms with Gasteiger partial charge in [0.2, 0.25) is 5.91 Å². The predicted octanol–water partition coefficient (Wildman–Crippen LogP) is 0.445. The van der Waals surface area contributed by atoms with E-state index in [1.165, 1.54) is 5.56 Å². The lowest BCUT2D eigenvalue weighted by Crippen LogP contribution is -2.38. The summed E-state index contributed by atoms with van der Waals surface area (Å²) in [6.07, 6.45) is 1.28. The van der Waals surface area contributed by atoms with Gasteiger partial charge in [-0.1, -0.05) is 30.3 Å². The van der Waals surface area contributed by atoms with Gasteiger partial charge in [-0.15, -0.1) is 0 Å². The summed E-state index contributed by atoms with van der Waals surface area (Å²) in [5.41, 5.74) is 7.05. The van der Waals surface area contributed by atoms with Crippen molar-refractivity contribution in [1.29, 1.82) is 0 Å². The zero-order chi connectivity index (χ0) is 9.97. The number of benzene rings is 1. The molecular formula is C11H14N2O. The van der Waals surface area contributed by atoms with Crippen LogP contribution in [0.4, 0.5) is 0 Å². The molecule has 1 fully saturated rings. The highest BCUT2D eigenvalue weighted by molar-refractivity contribution is 5.79. The molecule has 14 heavy (non-hydrogen) atoms. The van der Waals surface area contributed by atoms with Crippen LogP contribution in [0.15, 0.2) is 30.3 Å². The van der Waals surface area contributed by atoms with E-state index in [0.29, 0.717) is 6.42 Å². The van der Waals surface area contributed by atoms with E-state index in [0.717, 1.165) is 6.42 Å². The number of nitrogens with one attached hydrogen (secondary N) is 1. The molecule has 1 heterocycles. The molecule has 2 atom stereocenters. The first-order valence-electron chi connectivity index (χ1n) is 4.84. The van der Waals surface area contributed by atoms with Gasteiger partial charge in [0.15, 0.2) is 0 Å². The molecule has 0 bridgehead atoms. The van der Waals surface area contributed by atoms with Crippen molar-refractivity contribution in [1.82, 2.24) is 5.32 Å². The average Bonchev–Trinajstić information content (AvgIpc) is 2.47. The Labute approximate surface area is 83.3 Å². The van der Waals surface area contributed by atoms with E-state index in [2.05, 4.69) is 17.4 Å². The van der Waals surface area contributed by atoms with Crippen molar-refractivity contribution in [2.75, 3.05) is 0 Å². The molecule has 3 heteroatoms. The van der Waals surface area contributed by atoms with E-state index < -0.39 is 0 Å². The molecule has 1 aliphatic rings. The second-order valence-corrected chi connectivity index (χ2v) is 3.73. The summed E-state index contributed by atoms with van der Waals surface area (Å²) in [5, 5.41) is 2.89. The first-order valence-corrected chi connectivity index (χ1v) is 4.84. The van der Waals surface area contributed by atoms with E-state index in [-0.39, 0.29) is 18.0 Å². The Morgan fingerprint density at radius 3 is 2.64 bits per heavy atom. The van der Waals surface area contributed by atoms with Gasteiger partial charge in [0.1, 0.15) is 0 Å². The SMILES string of the molecule is NC1CC(=O)NC1Cc1ccccc1. The second kappa shape index (κ2) is 3.80. The molecule has 1 aliphatic heterocycles. The van der Waals surface area contributed by atoms with Gasteiger partial charge in [-0.3, -0.25) is 4.79 Å². The van der Waals surface area contributed by atoms with Crippen molar-refractivity contribution >= 4 is 5.91 Å². The lowest BCUT2D eigenvalue weighted by atomic mass is 10.0. The molecule has 74 valence electrons. The van der Waals surface area contributed by atoms with Gasteiger partial charge in [0.05, 0.1) is 0 Å². The zero-order valence-electron chi connectivity index (χ0n) is 7.94. The van der Waals surface area contributed by atoms with E-state index >= 15 is 0 Å². The smallest absolute Gasteiger partial charge is 0.221 e. The number of carbonyl (C=O) groups excluding carboxylic acids is 1. The Bertz CT molecular complexity index is 323. The molecule has 3 nitrogen and oxygen atoms in total. The second-order valence-electron chi connectivity index (χ2n) is 3.73. The quantitative estimate of drug-likeness (QED) is 0.711. The highest BCUT2D eigenvalue weighted by Crippen LogP contribution is 2.11. The summed E-state index contributed by atoms with van der Waals surface area (Å²) < 4.78 is 0. The van der Waals surface area contributed by atoms with Gasteiger partial charge in [-0.05, 0) is 12.0 Å². The number of rotatable bonds is 2. The van der Waals surface area contributed by atoms with Gasteiger partial charge in [0, 0.05) is 18.5 Å². The third kappa shape index (κ3) is 1.93. The summed E-state index contributed by atoms with van der Waals surface area (Å²) in [6.45, 7) is 0. The minimum Gasteiger partial charge on any atom is -0.351 e. The van der Waals surface area contributed by atoms with Gasteiger partial charge in [-0.25, -0.2) is 0 Å². The molecule has 1 aromatic rings. The Morgan fingerprint density at radius 1 is 1.36 bits per heavy atom. The van der Waals surface area contributed by atoms with E-state index in [9.17, 15) is 4.79 Å². The highest BCUT2D eigenvalue weighted by atomic mass is 16.2. The third-order valence-corrected chi connectivity index (χ3v) is 2.58. The van der Waals surface area contributed by atoms with E-state index in [1.54, 1.807) is 0 Å². The molecule has 0 aromatic heterocycles. The standard InChI is InChI=1S/C11H14N2O/c12-9-7-11(14)13-10(9)6-8-4-2-1-3-5-8/h1-5,9-10H,6-7,12H2,(H,13,14). The monoisotopic (exact) mass is 190 g/mol. The lowest BCUT2D eigenvalue weighted by molar-refractivity contribution is -0.119. The van der Waals surface area contributed by atoms with E-state index in [4.69, 9.17) is 5.73 Å². The van der Waals surface area contributed by atoms with Crippen molar-refractivity contribution in [2.24, 2.45) is 5.73 Å². The molecule has 0 saturated carbocycles. The summed E-state index contributed by atoms with van der Waals surface area (Å²) in [7, 11) is 0. The number of nitrogens with two attached hydrogens (primary N) is 1. The normalized spacial score (nSPS) is 26.2. The van der Waals surface area contributed by atoms with Crippen molar-refractivity contribution in [3.63, 3.8) is 0 Å². The summed E-state index contributed by atoms with van der Waals surface area (Å²) in [6, 6.07) is 10.1. The molecule has 1 saturated heterocycles. The highest BCUT2D eigenvalue weighted by Gasteiger charge is 2.28.